The molecule has 1 aliphatic heterocycles. The fourth-order valence-corrected chi connectivity index (χ4v) is 3.18. The summed E-state index contributed by atoms with van der Waals surface area (Å²) in [4.78, 5) is 49.8. The number of imide groups is 1. The molecule has 158 valence electrons. The van der Waals surface area contributed by atoms with E-state index in [1.165, 1.54) is 6.92 Å². The number of esters is 1. The van der Waals surface area contributed by atoms with Crippen molar-refractivity contribution in [3.63, 3.8) is 0 Å². The first-order valence-corrected chi connectivity index (χ1v) is 9.90. The minimum Gasteiger partial charge on any atom is -0.451 e. The van der Waals surface area contributed by atoms with Gasteiger partial charge in [-0.05, 0) is 31.9 Å². The first-order chi connectivity index (χ1) is 13.7. The van der Waals surface area contributed by atoms with E-state index in [2.05, 4.69) is 10.6 Å². The van der Waals surface area contributed by atoms with Gasteiger partial charge in [-0.2, -0.15) is 0 Å². The van der Waals surface area contributed by atoms with Gasteiger partial charge in [0, 0.05) is 11.6 Å². The standard InChI is InChI=1S/C20H26ClN3O5/c1-4-5-10-20(3)18(27)24(19(28)23-20)12-16(25)29-13(2)17(26)22-11-14-8-6-7-9-15(14)21/h6-9,13H,4-5,10-12H2,1-3H3,(H,22,26)(H,23,28)/t13-,20-/m0/s1. The summed E-state index contributed by atoms with van der Waals surface area (Å²) in [7, 11) is 0. The van der Waals surface area contributed by atoms with Crippen molar-refractivity contribution in [2.75, 3.05) is 6.54 Å². The Kier molecular flexibility index (Phi) is 7.61. The van der Waals surface area contributed by atoms with Crippen molar-refractivity contribution in [3.05, 3.63) is 34.9 Å². The van der Waals surface area contributed by atoms with Crippen molar-refractivity contribution in [2.24, 2.45) is 0 Å². The smallest absolute Gasteiger partial charge is 0.327 e. The SMILES string of the molecule is CCCC[C@]1(C)NC(=O)N(CC(=O)O[C@@H](C)C(=O)NCc2ccccc2Cl)C1=O. The molecule has 0 radical (unpaired) electrons. The third-order valence-corrected chi connectivity index (χ3v) is 5.12. The van der Waals surface area contributed by atoms with Gasteiger partial charge in [0.1, 0.15) is 12.1 Å². The molecule has 2 rings (SSSR count). The molecule has 0 saturated carbocycles. The monoisotopic (exact) mass is 423 g/mol. The van der Waals surface area contributed by atoms with Crippen LogP contribution in [0, 0.1) is 0 Å². The number of hydrogen-bond acceptors (Lipinski definition) is 5. The van der Waals surface area contributed by atoms with Gasteiger partial charge >= 0.3 is 12.0 Å². The minimum absolute atomic E-state index is 0.184. The van der Waals surface area contributed by atoms with Crippen LogP contribution >= 0.6 is 11.6 Å². The highest BCUT2D eigenvalue weighted by Crippen LogP contribution is 2.23. The molecule has 9 heteroatoms. The van der Waals surface area contributed by atoms with Crippen molar-refractivity contribution in [3.8, 4) is 0 Å². The number of nitrogens with zero attached hydrogens (tertiary/aromatic N) is 1. The quantitative estimate of drug-likeness (QED) is 0.468. The molecule has 8 nitrogen and oxygen atoms in total. The second-order valence-corrected chi connectivity index (χ2v) is 7.61. The van der Waals surface area contributed by atoms with Crippen LogP contribution in [0.25, 0.3) is 0 Å². The molecule has 0 aliphatic carbocycles. The van der Waals surface area contributed by atoms with Crippen LogP contribution < -0.4 is 10.6 Å². The number of benzene rings is 1. The van der Waals surface area contributed by atoms with Crippen molar-refractivity contribution < 1.29 is 23.9 Å². The number of unbranched alkanes of at least 4 members (excludes halogenated alkanes) is 1. The van der Waals surface area contributed by atoms with Crippen LogP contribution in [0.4, 0.5) is 4.79 Å². The van der Waals surface area contributed by atoms with Crippen LogP contribution in [0.5, 0.6) is 0 Å². The summed E-state index contributed by atoms with van der Waals surface area (Å²) in [6.07, 6.45) is 1.04. The fraction of sp³-hybridized carbons (Fsp3) is 0.500. The lowest BCUT2D eigenvalue weighted by atomic mass is 9.95. The molecule has 2 N–H and O–H groups in total. The summed E-state index contributed by atoms with van der Waals surface area (Å²) in [5.74, 6) is -1.82. The van der Waals surface area contributed by atoms with E-state index in [4.69, 9.17) is 16.3 Å². The maximum atomic E-state index is 12.5. The number of amides is 4. The fourth-order valence-electron chi connectivity index (χ4n) is 2.98. The van der Waals surface area contributed by atoms with Crippen LogP contribution in [-0.2, 0) is 25.7 Å². The van der Waals surface area contributed by atoms with E-state index in [-0.39, 0.29) is 6.54 Å². The van der Waals surface area contributed by atoms with Crippen molar-refractivity contribution >= 4 is 35.4 Å². The number of ether oxygens (including phenoxy) is 1. The second kappa shape index (κ2) is 9.73. The van der Waals surface area contributed by atoms with E-state index >= 15 is 0 Å². The molecule has 0 bridgehead atoms. The number of hydrogen-bond donors (Lipinski definition) is 2. The Hall–Kier alpha value is -2.61. The highest BCUT2D eigenvalue weighted by Gasteiger charge is 2.48. The topological polar surface area (TPSA) is 105 Å². The molecule has 1 heterocycles. The van der Waals surface area contributed by atoms with Gasteiger partial charge < -0.3 is 15.4 Å². The molecule has 1 aliphatic rings. The molecule has 0 unspecified atom stereocenters. The van der Waals surface area contributed by atoms with Crippen molar-refractivity contribution in [2.45, 2.75) is 58.2 Å². The second-order valence-electron chi connectivity index (χ2n) is 7.20. The molecular weight excluding hydrogens is 398 g/mol. The van der Waals surface area contributed by atoms with Crippen LogP contribution in [0.2, 0.25) is 5.02 Å². The van der Waals surface area contributed by atoms with E-state index in [0.717, 1.165) is 23.3 Å². The largest absolute Gasteiger partial charge is 0.451 e. The Morgan fingerprint density at radius 1 is 1.31 bits per heavy atom. The van der Waals surface area contributed by atoms with Crippen LogP contribution in [-0.4, -0.2) is 46.9 Å². The highest BCUT2D eigenvalue weighted by molar-refractivity contribution is 6.31. The predicted octanol–water partition coefficient (Wildman–Crippen LogP) is 2.39. The Morgan fingerprint density at radius 3 is 2.66 bits per heavy atom. The molecule has 1 saturated heterocycles. The molecule has 1 aromatic rings. The number of halogens is 1. The number of rotatable bonds is 9. The highest BCUT2D eigenvalue weighted by atomic mass is 35.5. The van der Waals surface area contributed by atoms with Gasteiger partial charge in [0.25, 0.3) is 11.8 Å². The first-order valence-electron chi connectivity index (χ1n) is 9.52. The molecule has 2 atom stereocenters. The molecule has 0 aromatic heterocycles. The lowest BCUT2D eigenvalue weighted by Gasteiger charge is -2.21. The zero-order chi connectivity index (χ0) is 21.6. The summed E-state index contributed by atoms with van der Waals surface area (Å²) in [6, 6.07) is 6.41. The maximum Gasteiger partial charge on any atom is 0.327 e. The maximum absolute atomic E-state index is 12.5. The zero-order valence-corrected chi connectivity index (χ0v) is 17.5. The van der Waals surface area contributed by atoms with E-state index in [9.17, 15) is 19.2 Å². The molecule has 0 spiro atoms. The zero-order valence-electron chi connectivity index (χ0n) is 16.8. The summed E-state index contributed by atoms with van der Waals surface area (Å²) >= 11 is 6.04. The lowest BCUT2D eigenvalue weighted by molar-refractivity contribution is -0.156. The van der Waals surface area contributed by atoms with E-state index in [1.54, 1.807) is 31.2 Å². The van der Waals surface area contributed by atoms with E-state index in [1.807, 2.05) is 6.92 Å². The average Bonchev–Trinajstić information content (AvgIpc) is 2.88. The van der Waals surface area contributed by atoms with Crippen LogP contribution in [0.15, 0.2) is 24.3 Å². The predicted molar refractivity (Wildman–Crippen MR) is 107 cm³/mol. The van der Waals surface area contributed by atoms with Gasteiger partial charge in [0.2, 0.25) is 0 Å². The third kappa shape index (κ3) is 5.69. The van der Waals surface area contributed by atoms with Gasteiger partial charge in [-0.15, -0.1) is 0 Å². The van der Waals surface area contributed by atoms with Gasteiger partial charge in [-0.25, -0.2) is 4.79 Å². The van der Waals surface area contributed by atoms with Crippen molar-refractivity contribution in [1.29, 1.82) is 0 Å². The Bertz CT molecular complexity index is 800. The summed E-state index contributed by atoms with van der Waals surface area (Å²) in [6.45, 7) is 4.67. The number of carbonyl (C=O) groups is 4. The Labute approximate surface area is 174 Å². The van der Waals surface area contributed by atoms with Crippen molar-refractivity contribution in [1.82, 2.24) is 15.5 Å². The van der Waals surface area contributed by atoms with Crippen LogP contribution in [0.3, 0.4) is 0 Å². The Morgan fingerprint density at radius 2 is 2.00 bits per heavy atom. The average molecular weight is 424 g/mol. The molecule has 1 aromatic carbocycles. The first kappa shape index (κ1) is 22.7. The Balaban J connectivity index is 1.86. The van der Waals surface area contributed by atoms with Gasteiger partial charge in [0.15, 0.2) is 6.10 Å². The van der Waals surface area contributed by atoms with Gasteiger partial charge in [-0.3, -0.25) is 19.3 Å². The summed E-state index contributed by atoms with van der Waals surface area (Å²) in [5.41, 5.74) is -0.294. The summed E-state index contributed by atoms with van der Waals surface area (Å²) in [5, 5.41) is 5.78. The molecule has 29 heavy (non-hydrogen) atoms. The number of carbonyl (C=O) groups excluding carboxylic acids is 4. The van der Waals surface area contributed by atoms with Gasteiger partial charge in [-0.1, -0.05) is 49.6 Å². The third-order valence-electron chi connectivity index (χ3n) is 4.75. The molecule has 4 amide bonds. The van der Waals surface area contributed by atoms with E-state index < -0.39 is 42.0 Å². The lowest BCUT2D eigenvalue weighted by Crippen LogP contribution is -2.44. The van der Waals surface area contributed by atoms with Crippen LogP contribution in [0.1, 0.15) is 45.6 Å². The normalized spacial score (nSPS) is 19.7. The number of nitrogens with one attached hydrogen (secondary N) is 2. The minimum atomic E-state index is -1.09. The molecule has 1 fully saturated rings. The van der Waals surface area contributed by atoms with E-state index in [0.29, 0.717) is 11.4 Å². The summed E-state index contributed by atoms with van der Waals surface area (Å²) < 4.78 is 5.08. The number of urea groups is 1. The van der Waals surface area contributed by atoms with Gasteiger partial charge in [0.05, 0.1) is 0 Å². The molecular formula is C20H26ClN3O5.